The summed E-state index contributed by atoms with van der Waals surface area (Å²) in [5.41, 5.74) is 1.48. The number of benzene rings is 1. The maximum absolute atomic E-state index is 9.27. The lowest BCUT2D eigenvalue weighted by molar-refractivity contribution is 0.393. The minimum absolute atomic E-state index is 0.346. The van der Waals surface area contributed by atoms with Crippen molar-refractivity contribution >= 4 is 5.69 Å². The van der Waals surface area contributed by atoms with E-state index >= 15 is 0 Å². The van der Waals surface area contributed by atoms with Crippen LogP contribution in [-0.4, -0.2) is 13.2 Å². The lowest BCUT2D eigenvalue weighted by Gasteiger charge is -2.28. The first kappa shape index (κ1) is 13.1. The molecule has 1 N–H and O–H groups in total. The highest BCUT2D eigenvalue weighted by molar-refractivity contribution is 5.66. The number of anilines is 1. The summed E-state index contributed by atoms with van der Waals surface area (Å²) in [6.07, 6.45) is 7.28. The Labute approximate surface area is 120 Å². The van der Waals surface area contributed by atoms with Crippen LogP contribution in [0.25, 0.3) is 0 Å². The molecule has 0 amide bonds. The maximum atomic E-state index is 9.27. The first-order chi connectivity index (χ1) is 9.72. The third kappa shape index (κ3) is 2.16. The molecule has 0 radical (unpaired) electrons. The number of para-hydroxylation sites is 1. The normalized spacial score (nSPS) is 28.1. The first-order valence-electron chi connectivity index (χ1n) is 7.25. The minimum atomic E-state index is 0.346. The van der Waals surface area contributed by atoms with Crippen molar-refractivity contribution in [3.8, 4) is 11.8 Å². The Kier molecular flexibility index (Phi) is 3.40. The Morgan fingerprint density at radius 1 is 1.35 bits per heavy atom. The highest BCUT2D eigenvalue weighted by Gasteiger charge is 2.38. The first-order valence-corrected chi connectivity index (χ1v) is 7.25. The number of nitriles is 1. The Morgan fingerprint density at radius 2 is 2.20 bits per heavy atom. The van der Waals surface area contributed by atoms with Crippen LogP contribution < -0.4 is 10.1 Å². The van der Waals surface area contributed by atoms with Gasteiger partial charge in [0, 0.05) is 6.04 Å². The molecule has 3 heteroatoms. The minimum Gasteiger partial charge on any atom is -0.495 e. The smallest absolute Gasteiger partial charge is 0.143 e. The van der Waals surface area contributed by atoms with Gasteiger partial charge in [-0.2, -0.15) is 5.26 Å². The molecule has 0 aromatic heterocycles. The third-order valence-electron chi connectivity index (χ3n) is 4.71. The average Bonchev–Trinajstić information content (AvgIpc) is 3.10. The van der Waals surface area contributed by atoms with Crippen molar-refractivity contribution in [3.63, 3.8) is 0 Å². The van der Waals surface area contributed by atoms with Gasteiger partial charge in [0.25, 0.3) is 0 Å². The van der Waals surface area contributed by atoms with Gasteiger partial charge >= 0.3 is 0 Å². The van der Waals surface area contributed by atoms with Gasteiger partial charge in [0.05, 0.1) is 18.4 Å². The van der Waals surface area contributed by atoms with Gasteiger partial charge in [-0.15, -0.1) is 0 Å². The van der Waals surface area contributed by atoms with Crippen molar-refractivity contribution in [2.24, 2.45) is 17.8 Å². The van der Waals surface area contributed by atoms with Crippen LogP contribution in [0.1, 0.15) is 25.3 Å². The summed E-state index contributed by atoms with van der Waals surface area (Å²) < 4.78 is 5.39. The fourth-order valence-corrected chi connectivity index (χ4v) is 3.68. The van der Waals surface area contributed by atoms with E-state index in [4.69, 9.17) is 4.74 Å². The van der Waals surface area contributed by atoms with E-state index in [1.165, 1.54) is 12.8 Å². The van der Waals surface area contributed by atoms with Crippen LogP contribution in [0.3, 0.4) is 0 Å². The number of hydrogen-bond donors (Lipinski definition) is 1. The molecule has 104 valence electrons. The van der Waals surface area contributed by atoms with Crippen LogP contribution in [0.4, 0.5) is 5.69 Å². The van der Waals surface area contributed by atoms with E-state index in [1.807, 2.05) is 18.2 Å². The average molecular weight is 268 g/mol. The van der Waals surface area contributed by atoms with Gasteiger partial charge in [0.2, 0.25) is 0 Å². The van der Waals surface area contributed by atoms with Crippen LogP contribution in [0.5, 0.6) is 5.75 Å². The van der Waals surface area contributed by atoms with Crippen molar-refractivity contribution < 1.29 is 4.74 Å². The molecule has 1 fully saturated rings. The second-order valence-corrected chi connectivity index (χ2v) is 5.87. The predicted molar refractivity (Wildman–Crippen MR) is 79.6 cm³/mol. The van der Waals surface area contributed by atoms with E-state index in [2.05, 4.69) is 30.5 Å². The molecule has 0 spiro atoms. The van der Waals surface area contributed by atoms with Crippen LogP contribution >= 0.6 is 0 Å². The van der Waals surface area contributed by atoms with Gasteiger partial charge in [-0.05, 0) is 49.7 Å². The lowest BCUT2D eigenvalue weighted by Crippen LogP contribution is -2.29. The summed E-state index contributed by atoms with van der Waals surface area (Å²) in [7, 11) is 1.65. The molecule has 1 aromatic rings. The fourth-order valence-electron chi connectivity index (χ4n) is 3.68. The topological polar surface area (TPSA) is 45.0 Å². The molecule has 2 aliphatic carbocycles. The lowest BCUT2D eigenvalue weighted by atomic mass is 9.87. The van der Waals surface area contributed by atoms with Gasteiger partial charge in [0.1, 0.15) is 11.8 Å². The Hall–Kier alpha value is -1.95. The molecule has 2 bridgehead atoms. The molecule has 20 heavy (non-hydrogen) atoms. The Bertz CT molecular complexity index is 573. The largest absolute Gasteiger partial charge is 0.495 e. The standard InChI is InChI=1S/C17H20N2O/c1-11(15-9-12-6-7-13(15)8-12)19-17-14(10-18)4-3-5-16(17)20-2/h3-7,11-13,15,19H,8-9H2,1-2H3. The van der Waals surface area contributed by atoms with Crippen LogP contribution in [0, 0.1) is 29.1 Å². The fraction of sp³-hybridized carbons (Fsp3) is 0.471. The Morgan fingerprint density at radius 3 is 2.80 bits per heavy atom. The van der Waals surface area contributed by atoms with Crippen LogP contribution in [-0.2, 0) is 0 Å². The zero-order valence-electron chi connectivity index (χ0n) is 12.0. The number of hydrogen-bond acceptors (Lipinski definition) is 3. The van der Waals surface area contributed by atoms with Gasteiger partial charge in [-0.25, -0.2) is 0 Å². The van der Waals surface area contributed by atoms with Crippen molar-refractivity contribution in [3.05, 3.63) is 35.9 Å². The van der Waals surface area contributed by atoms with E-state index in [0.29, 0.717) is 23.4 Å². The third-order valence-corrected chi connectivity index (χ3v) is 4.71. The summed E-state index contributed by atoms with van der Waals surface area (Å²) in [6.45, 7) is 2.22. The quantitative estimate of drug-likeness (QED) is 0.849. The van der Waals surface area contributed by atoms with Gasteiger partial charge in [-0.1, -0.05) is 18.2 Å². The molecule has 2 aliphatic rings. The van der Waals surface area contributed by atoms with E-state index in [9.17, 15) is 5.26 Å². The second-order valence-electron chi connectivity index (χ2n) is 5.87. The summed E-state index contributed by atoms with van der Waals surface area (Å²) in [4.78, 5) is 0. The SMILES string of the molecule is COc1cccc(C#N)c1NC(C)C1CC2C=CC1C2. The molecular weight excluding hydrogens is 248 g/mol. The summed E-state index contributed by atoms with van der Waals surface area (Å²) in [5, 5.41) is 12.8. The molecule has 3 rings (SSSR count). The van der Waals surface area contributed by atoms with Crippen molar-refractivity contribution in [2.45, 2.75) is 25.8 Å². The van der Waals surface area contributed by atoms with E-state index in [-0.39, 0.29) is 0 Å². The maximum Gasteiger partial charge on any atom is 0.143 e. The monoisotopic (exact) mass is 268 g/mol. The Balaban J connectivity index is 1.81. The molecule has 0 aliphatic heterocycles. The van der Waals surface area contributed by atoms with Gasteiger partial charge in [-0.3, -0.25) is 0 Å². The van der Waals surface area contributed by atoms with E-state index in [1.54, 1.807) is 7.11 Å². The number of allylic oxidation sites excluding steroid dienone is 2. The summed E-state index contributed by atoms with van der Waals surface area (Å²) in [5.74, 6) is 2.86. The number of nitrogens with one attached hydrogen (secondary N) is 1. The highest BCUT2D eigenvalue weighted by atomic mass is 16.5. The zero-order chi connectivity index (χ0) is 14.1. The molecule has 0 saturated heterocycles. The molecule has 1 saturated carbocycles. The molecule has 1 aromatic carbocycles. The number of methoxy groups -OCH3 is 1. The van der Waals surface area contributed by atoms with Crippen molar-refractivity contribution in [2.75, 3.05) is 12.4 Å². The van der Waals surface area contributed by atoms with Crippen molar-refractivity contribution in [1.82, 2.24) is 0 Å². The molecule has 4 unspecified atom stereocenters. The molecule has 4 atom stereocenters. The number of nitrogens with zero attached hydrogens (tertiary/aromatic N) is 1. The highest BCUT2D eigenvalue weighted by Crippen LogP contribution is 2.45. The second kappa shape index (κ2) is 5.20. The van der Waals surface area contributed by atoms with E-state index in [0.717, 1.165) is 17.4 Å². The summed E-state index contributed by atoms with van der Waals surface area (Å²) >= 11 is 0. The predicted octanol–water partition coefficient (Wildman–Crippen LogP) is 3.58. The zero-order valence-corrected chi connectivity index (χ0v) is 12.0. The molecular formula is C17H20N2O. The molecule has 0 heterocycles. The number of ether oxygens (including phenoxy) is 1. The number of fused-ring (bicyclic) bond motifs is 2. The van der Waals surface area contributed by atoms with Crippen LogP contribution in [0.2, 0.25) is 0 Å². The van der Waals surface area contributed by atoms with Gasteiger partial charge < -0.3 is 10.1 Å². The van der Waals surface area contributed by atoms with Gasteiger partial charge in [0.15, 0.2) is 0 Å². The van der Waals surface area contributed by atoms with E-state index < -0.39 is 0 Å². The summed E-state index contributed by atoms with van der Waals surface area (Å²) in [6, 6.07) is 8.18. The van der Waals surface area contributed by atoms with Crippen molar-refractivity contribution in [1.29, 1.82) is 5.26 Å². The van der Waals surface area contributed by atoms with Crippen LogP contribution in [0.15, 0.2) is 30.4 Å². The molecule has 3 nitrogen and oxygen atoms in total. The number of rotatable bonds is 4.